The summed E-state index contributed by atoms with van der Waals surface area (Å²) < 4.78 is 0. The summed E-state index contributed by atoms with van der Waals surface area (Å²) in [7, 11) is 0. The SMILES string of the molecule is CC#CCC(CCCCC)C(=O)O. The Labute approximate surface area is 80.3 Å². The molecule has 0 aliphatic carbocycles. The second kappa shape index (κ2) is 7.67. The average molecular weight is 182 g/mol. The Balaban J connectivity index is 3.78. The molecule has 0 aliphatic heterocycles. The zero-order valence-electron chi connectivity index (χ0n) is 8.47. The van der Waals surface area contributed by atoms with E-state index in [0.29, 0.717) is 6.42 Å². The molecule has 0 saturated carbocycles. The first-order chi connectivity index (χ1) is 6.22. The monoisotopic (exact) mass is 182 g/mol. The number of carboxylic acid groups (broad SMARTS) is 1. The first kappa shape index (κ1) is 12.0. The van der Waals surface area contributed by atoms with E-state index in [2.05, 4.69) is 18.8 Å². The van der Waals surface area contributed by atoms with E-state index in [1.807, 2.05) is 0 Å². The first-order valence-corrected chi connectivity index (χ1v) is 4.84. The Morgan fingerprint density at radius 2 is 2.15 bits per heavy atom. The van der Waals surface area contributed by atoms with Gasteiger partial charge in [0.15, 0.2) is 0 Å². The van der Waals surface area contributed by atoms with Gasteiger partial charge in [0.25, 0.3) is 0 Å². The Hall–Kier alpha value is -0.970. The summed E-state index contributed by atoms with van der Waals surface area (Å²) >= 11 is 0. The van der Waals surface area contributed by atoms with Crippen LogP contribution >= 0.6 is 0 Å². The van der Waals surface area contributed by atoms with Gasteiger partial charge in [0, 0.05) is 6.42 Å². The van der Waals surface area contributed by atoms with Crippen molar-refractivity contribution in [2.45, 2.75) is 46.0 Å². The molecule has 0 aliphatic rings. The van der Waals surface area contributed by atoms with E-state index >= 15 is 0 Å². The fourth-order valence-corrected chi connectivity index (χ4v) is 1.18. The maximum atomic E-state index is 10.7. The Morgan fingerprint density at radius 3 is 2.62 bits per heavy atom. The van der Waals surface area contributed by atoms with Crippen LogP contribution in [0.25, 0.3) is 0 Å². The second-order valence-corrected chi connectivity index (χ2v) is 3.16. The van der Waals surface area contributed by atoms with Gasteiger partial charge in [-0.05, 0) is 13.3 Å². The molecule has 1 unspecified atom stereocenters. The van der Waals surface area contributed by atoms with Crippen LogP contribution in [0.1, 0.15) is 46.0 Å². The number of hydrogen-bond donors (Lipinski definition) is 1. The summed E-state index contributed by atoms with van der Waals surface area (Å²) in [6.07, 6.45) is 4.50. The lowest BCUT2D eigenvalue weighted by atomic mass is 9.98. The minimum Gasteiger partial charge on any atom is -0.481 e. The van der Waals surface area contributed by atoms with E-state index in [9.17, 15) is 4.79 Å². The summed E-state index contributed by atoms with van der Waals surface area (Å²) in [5, 5.41) is 8.83. The van der Waals surface area contributed by atoms with Gasteiger partial charge in [-0.15, -0.1) is 11.8 Å². The summed E-state index contributed by atoms with van der Waals surface area (Å²) in [6, 6.07) is 0. The smallest absolute Gasteiger partial charge is 0.307 e. The van der Waals surface area contributed by atoms with Crippen LogP contribution < -0.4 is 0 Å². The molecule has 0 fully saturated rings. The van der Waals surface area contributed by atoms with Crippen LogP contribution in [0, 0.1) is 17.8 Å². The van der Waals surface area contributed by atoms with E-state index < -0.39 is 5.97 Å². The summed E-state index contributed by atoms with van der Waals surface area (Å²) in [5.74, 6) is 4.58. The molecule has 0 aromatic carbocycles. The molecule has 13 heavy (non-hydrogen) atoms. The maximum Gasteiger partial charge on any atom is 0.307 e. The van der Waals surface area contributed by atoms with Gasteiger partial charge in [-0.2, -0.15) is 0 Å². The lowest BCUT2D eigenvalue weighted by molar-refractivity contribution is -0.141. The van der Waals surface area contributed by atoms with Crippen LogP contribution in [-0.2, 0) is 4.79 Å². The molecule has 0 bridgehead atoms. The van der Waals surface area contributed by atoms with Gasteiger partial charge in [0.1, 0.15) is 0 Å². The highest BCUT2D eigenvalue weighted by molar-refractivity contribution is 5.70. The van der Waals surface area contributed by atoms with Crippen LogP contribution in [0.2, 0.25) is 0 Å². The average Bonchev–Trinajstić information content (AvgIpc) is 2.10. The van der Waals surface area contributed by atoms with Gasteiger partial charge in [-0.25, -0.2) is 0 Å². The topological polar surface area (TPSA) is 37.3 Å². The third-order valence-corrected chi connectivity index (χ3v) is 2.03. The van der Waals surface area contributed by atoms with Gasteiger partial charge < -0.3 is 5.11 Å². The van der Waals surface area contributed by atoms with Crippen LogP contribution in [0.15, 0.2) is 0 Å². The standard InChI is InChI=1S/C11H18O2/c1-3-5-7-9-10(11(12)13)8-6-4-2/h10H,3,5,7-9H2,1-2H3,(H,12,13). The third-order valence-electron chi connectivity index (χ3n) is 2.03. The Morgan fingerprint density at radius 1 is 1.46 bits per heavy atom. The molecule has 2 heteroatoms. The Kier molecular flexibility index (Phi) is 7.10. The summed E-state index contributed by atoms with van der Waals surface area (Å²) in [4.78, 5) is 10.7. The normalized spacial score (nSPS) is 11.5. The predicted octanol–water partition coefficient (Wildman–Crippen LogP) is 2.68. The molecular weight excluding hydrogens is 164 g/mol. The molecule has 0 amide bonds. The van der Waals surface area contributed by atoms with Crippen LogP contribution in [0.4, 0.5) is 0 Å². The summed E-state index contributed by atoms with van der Waals surface area (Å²) in [5.41, 5.74) is 0. The van der Waals surface area contributed by atoms with E-state index in [-0.39, 0.29) is 5.92 Å². The van der Waals surface area contributed by atoms with Crippen molar-refractivity contribution in [3.8, 4) is 11.8 Å². The van der Waals surface area contributed by atoms with Crippen molar-refractivity contribution >= 4 is 5.97 Å². The van der Waals surface area contributed by atoms with Gasteiger partial charge in [-0.1, -0.05) is 26.2 Å². The molecule has 2 nitrogen and oxygen atoms in total. The number of carboxylic acids is 1. The molecule has 0 radical (unpaired) electrons. The Bertz CT molecular complexity index is 198. The van der Waals surface area contributed by atoms with Crippen molar-refractivity contribution in [2.24, 2.45) is 5.92 Å². The van der Waals surface area contributed by atoms with Crippen molar-refractivity contribution in [1.29, 1.82) is 0 Å². The van der Waals surface area contributed by atoms with E-state index in [1.54, 1.807) is 6.92 Å². The van der Waals surface area contributed by atoms with Crippen LogP contribution in [0.5, 0.6) is 0 Å². The van der Waals surface area contributed by atoms with E-state index in [1.165, 1.54) is 0 Å². The molecule has 0 spiro atoms. The molecule has 0 heterocycles. The molecule has 0 aromatic rings. The highest BCUT2D eigenvalue weighted by atomic mass is 16.4. The summed E-state index contributed by atoms with van der Waals surface area (Å²) in [6.45, 7) is 3.85. The van der Waals surface area contributed by atoms with E-state index in [0.717, 1.165) is 25.7 Å². The number of rotatable bonds is 6. The quantitative estimate of drug-likeness (QED) is 0.506. The fourth-order valence-electron chi connectivity index (χ4n) is 1.18. The molecule has 0 aromatic heterocycles. The van der Waals surface area contributed by atoms with Crippen molar-refractivity contribution in [1.82, 2.24) is 0 Å². The van der Waals surface area contributed by atoms with Crippen molar-refractivity contribution < 1.29 is 9.90 Å². The van der Waals surface area contributed by atoms with Crippen molar-refractivity contribution in [3.05, 3.63) is 0 Å². The zero-order valence-corrected chi connectivity index (χ0v) is 8.47. The molecule has 1 N–H and O–H groups in total. The molecule has 74 valence electrons. The highest BCUT2D eigenvalue weighted by Gasteiger charge is 2.14. The molecule has 1 atom stereocenters. The fraction of sp³-hybridized carbons (Fsp3) is 0.727. The predicted molar refractivity (Wildman–Crippen MR) is 53.3 cm³/mol. The lowest BCUT2D eigenvalue weighted by Gasteiger charge is -2.07. The largest absolute Gasteiger partial charge is 0.481 e. The molecule has 0 rings (SSSR count). The number of hydrogen-bond acceptors (Lipinski definition) is 1. The minimum atomic E-state index is -0.709. The number of aliphatic carboxylic acids is 1. The van der Waals surface area contributed by atoms with Crippen LogP contribution in [0.3, 0.4) is 0 Å². The first-order valence-electron chi connectivity index (χ1n) is 4.84. The van der Waals surface area contributed by atoms with Gasteiger partial charge in [0.2, 0.25) is 0 Å². The number of unbranched alkanes of at least 4 members (excludes halogenated alkanes) is 2. The van der Waals surface area contributed by atoms with Crippen LogP contribution in [-0.4, -0.2) is 11.1 Å². The van der Waals surface area contributed by atoms with Crippen molar-refractivity contribution in [3.63, 3.8) is 0 Å². The zero-order chi connectivity index (χ0) is 10.1. The highest BCUT2D eigenvalue weighted by Crippen LogP contribution is 2.13. The molecular formula is C11H18O2. The van der Waals surface area contributed by atoms with Crippen molar-refractivity contribution in [2.75, 3.05) is 0 Å². The van der Waals surface area contributed by atoms with E-state index in [4.69, 9.17) is 5.11 Å². The minimum absolute atomic E-state index is 0.265. The third kappa shape index (κ3) is 6.21. The maximum absolute atomic E-state index is 10.7. The van der Waals surface area contributed by atoms with Gasteiger partial charge >= 0.3 is 5.97 Å². The van der Waals surface area contributed by atoms with Gasteiger partial charge in [-0.3, -0.25) is 4.79 Å². The number of carbonyl (C=O) groups is 1. The van der Waals surface area contributed by atoms with Gasteiger partial charge in [0.05, 0.1) is 5.92 Å². The molecule has 0 saturated heterocycles. The lowest BCUT2D eigenvalue weighted by Crippen LogP contribution is -2.12. The second-order valence-electron chi connectivity index (χ2n) is 3.16.